The number of hydrogen-bond acceptors (Lipinski definition) is 4. The normalized spacial score (nSPS) is 27.6. The first-order valence-corrected chi connectivity index (χ1v) is 7.55. The van der Waals surface area contributed by atoms with Gasteiger partial charge in [-0.3, -0.25) is 4.98 Å². The average Bonchev–Trinajstić information content (AvgIpc) is 3.19. The molecule has 2 aromatic rings. The second-order valence-corrected chi connectivity index (χ2v) is 6.57. The van der Waals surface area contributed by atoms with E-state index in [9.17, 15) is 9.90 Å². The lowest BCUT2D eigenvalue weighted by atomic mass is 9.82. The molecule has 2 heterocycles. The first-order chi connectivity index (χ1) is 10.1. The molecule has 0 amide bonds. The molecule has 2 aromatic heterocycles. The maximum absolute atomic E-state index is 12.0. The van der Waals surface area contributed by atoms with Crippen LogP contribution in [0, 0.1) is 5.41 Å². The number of carboxylic acids is 1. The molecule has 21 heavy (non-hydrogen) atoms. The molecule has 110 valence electrons. The van der Waals surface area contributed by atoms with Crippen molar-refractivity contribution in [2.75, 3.05) is 0 Å². The van der Waals surface area contributed by atoms with Gasteiger partial charge in [0.1, 0.15) is 11.0 Å². The largest absolute Gasteiger partial charge is 0.479 e. The van der Waals surface area contributed by atoms with E-state index in [0.717, 1.165) is 19.3 Å². The van der Waals surface area contributed by atoms with E-state index in [1.165, 1.54) is 17.6 Å². The van der Waals surface area contributed by atoms with Crippen LogP contribution in [0.5, 0.6) is 0 Å². The first kappa shape index (κ1) is 12.7. The lowest BCUT2D eigenvalue weighted by molar-refractivity contribution is -0.149. The summed E-state index contributed by atoms with van der Waals surface area (Å²) in [4.78, 5) is 17.5. The topological polar surface area (TPSA) is 80.9 Å². The van der Waals surface area contributed by atoms with Gasteiger partial charge in [0.15, 0.2) is 5.54 Å². The third kappa shape index (κ3) is 1.78. The van der Waals surface area contributed by atoms with Gasteiger partial charge in [-0.1, -0.05) is 12.8 Å². The Labute approximate surface area is 122 Å². The number of rotatable bonds is 2. The Morgan fingerprint density at radius 2 is 1.90 bits per heavy atom. The maximum atomic E-state index is 12.0. The molecule has 6 nitrogen and oxygen atoms in total. The molecular weight excluding hydrogens is 268 g/mol. The van der Waals surface area contributed by atoms with Gasteiger partial charge in [0.2, 0.25) is 0 Å². The number of aromatic nitrogens is 4. The smallest absolute Gasteiger partial charge is 0.333 e. The molecule has 2 aliphatic carbocycles. The highest BCUT2D eigenvalue weighted by atomic mass is 16.4. The minimum Gasteiger partial charge on any atom is -0.479 e. The quantitative estimate of drug-likeness (QED) is 0.916. The van der Waals surface area contributed by atoms with Crippen molar-refractivity contribution < 1.29 is 9.90 Å². The Hall–Kier alpha value is -1.98. The van der Waals surface area contributed by atoms with E-state index in [0.29, 0.717) is 23.9 Å². The molecule has 1 spiro atoms. The van der Waals surface area contributed by atoms with Crippen molar-refractivity contribution in [3.63, 3.8) is 0 Å². The number of nitrogens with zero attached hydrogens (tertiary/aromatic N) is 4. The summed E-state index contributed by atoms with van der Waals surface area (Å²) < 4.78 is 0. The molecule has 1 unspecified atom stereocenters. The summed E-state index contributed by atoms with van der Waals surface area (Å²) in [5, 5.41) is 18.7. The Bertz CT molecular complexity index is 672. The number of fused-ring (bicyclic) bond motifs is 1. The van der Waals surface area contributed by atoms with Gasteiger partial charge in [0.05, 0.1) is 6.20 Å². The van der Waals surface area contributed by atoms with Crippen LogP contribution in [0.2, 0.25) is 0 Å². The predicted octanol–water partition coefficient (Wildman–Crippen LogP) is 2.35. The Balaban J connectivity index is 1.79. The van der Waals surface area contributed by atoms with Crippen LogP contribution in [0.15, 0.2) is 18.5 Å². The highest BCUT2D eigenvalue weighted by molar-refractivity contribution is 5.78. The van der Waals surface area contributed by atoms with E-state index >= 15 is 0 Å². The summed E-state index contributed by atoms with van der Waals surface area (Å²) in [6, 6.07) is 1.77. The minimum atomic E-state index is -0.983. The van der Waals surface area contributed by atoms with Gasteiger partial charge in [-0.2, -0.15) is 15.0 Å². The summed E-state index contributed by atoms with van der Waals surface area (Å²) in [5.41, 5.74) is 0.572. The molecule has 0 bridgehead atoms. The Morgan fingerprint density at radius 1 is 1.14 bits per heavy atom. The monoisotopic (exact) mass is 286 g/mol. The van der Waals surface area contributed by atoms with Gasteiger partial charge in [0, 0.05) is 6.20 Å². The second kappa shape index (κ2) is 4.26. The Morgan fingerprint density at radius 3 is 2.62 bits per heavy atom. The van der Waals surface area contributed by atoms with Crippen LogP contribution < -0.4 is 0 Å². The fraction of sp³-hybridized carbons (Fsp3) is 0.600. The van der Waals surface area contributed by atoms with Crippen LogP contribution in [-0.4, -0.2) is 31.1 Å². The number of aliphatic carboxylic acids is 1. The summed E-state index contributed by atoms with van der Waals surface area (Å²) in [5.74, 6) is -0.806. The predicted molar refractivity (Wildman–Crippen MR) is 75.7 cm³/mol. The summed E-state index contributed by atoms with van der Waals surface area (Å²) >= 11 is 0. The van der Waals surface area contributed by atoms with Crippen molar-refractivity contribution in [1.29, 1.82) is 0 Å². The second-order valence-electron chi connectivity index (χ2n) is 6.57. The first-order valence-electron chi connectivity index (χ1n) is 7.55. The SMILES string of the molecule is O=C(O)C1(n2nc3ccncc3n2)CCC2(CCCC2)C1. The number of pyridine rings is 1. The number of carbonyl (C=O) groups is 1. The number of carboxylic acid groups (broad SMARTS) is 1. The van der Waals surface area contributed by atoms with Gasteiger partial charge in [-0.25, -0.2) is 4.79 Å². The van der Waals surface area contributed by atoms with E-state index in [4.69, 9.17) is 0 Å². The van der Waals surface area contributed by atoms with Crippen molar-refractivity contribution in [3.05, 3.63) is 18.5 Å². The van der Waals surface area contributed by atoms with Gasteiger partial charge in [-0.15, -0.1) is 0 Å². The van der Waals surface area contributed by atoms with Crippen molar-refractivity contribution >= 4 is 17.0 Å². The van der Waals surface area contributed by atoms with Crippen molar-refractivity contribution in [1.82, 2.24) is 20.0 Å². The average molecular weight is 286 g/mol. The van der Waals surface area contributed by atoms with E-state index in [-0.39, 0.29) is 5.41 Å². The van der Waals surface area contributed by atoms with Gasteiger partial charge in [-0.05, 0) is 43.6 Å². The van der Waals surface area contributed by atoms with Crippen molar-refractivity contribution in [2.45, 2.75) is 50.5 Å². The Kier molecular flexibility index (Phi) is 2.58. The third-order valence-electron chi connectivity index (χ3n) is 5.36. The van der Waals surface area contributed by atoms with E-state index in [2.05, 4.69) is 15.2 Å². The summed E-state index contributed by atoms with van der Waals surface area (Å²) in [7, 11) is 0. The van der Waals surface area contributed by atoms with Crippen LogP contribution in [0.4, 0.5) is 0 Å². The third-order valence-corrected chi connectivity index (χ3v) is 5.36. The van der Waals surface area contributed by atoms with Crippen molar-refractivity contribution in [3.8, 4) is 0 Å². The van der Waals surface area contributed by atoms with Crippen LogP contribution in [0.25, 0.3) is 11.0 Å². The van der Waals surface area contributed by atoms with Gasteiger partial charge in [0.25, 0.3) is 0 Å². The molecule has 2 saturated carbocycles. The fourth-order valence-electron chi connectivity index (χ4n) is 4.22. The molecule has 6 heteroatoms. The molecule has 1 N–H and O–H groups in total. The fourth-order valence-corrected chi connectivity index (χ4v) is 4.22. The van der Waals surface area contributed by atoms with Gasteiger partial charge >= 0.3 is 5.97 Å². The summed E-state index contributed by atoms with van der Waals surface area (Å²) in [6.07, 6.45) is 10.3. The summed E-state index contributed by atoms with van der Waals surface area (Å²) in [6.45, 7) is 0. The molecule has 1 atom stereocenters. The van der Waals surface area contributed by atoms with E-state index < -0.39 is 11.5 Å². The maximum Gasteiger partial charge on any atom is 0.333 e. The molecule has 0 saturated heterocycles. The highest BCUT2D eigenvalue weighted by Crippen LogP contribution is 2.56. The molecule has 4 rings (SSSR count). The highest BCUT2D eigenvalue weighted by Gasteiger charge is 2.56. The number of hydrogen-bond donors (Lipinski definition) is 1. The van der Waals surface area contributed by atoms with Crippen LogP contribution in [-0.2, 0) is 10.3 Å². The van der Waals surface area contributed by atoms with Crippen LogP contribution in [0.3, 0.4) is 0 Å². The van der Waals surface area contributed by atoms with E-state index in [1.807, 2.05) is 0 Å². The molecular formula is C15H18N4O2. The zero-order valence-corrected chi connectivity index (χ0v) is 11.8. The lowest BCUT2D eigenvalue weighted by Gasteiger charge is -2.27. The molecule has 2 fully saturated rings. The molecule has 2 aliphatic rings. The van der Waals surface area contributed by atoms with Gasteiger partial charge < -0.3 is 5.11 Å². The molecule has 0 radical (unpaired) electrons. The minimum absolute atomic E-state index is 0.191. The zero-order chi connectivity index (χ0) is 14.5. The molecule has 0 aromatic carbocycles. The van der Waals surface area contributed by atoms with E-state index in [1.54, 1.807) is 18.5 Å². The van der Waals surface area contributed by atoms with Crippen molar-refractivity contribution in [2.24, 2.45) is 5.41 Å². The van der Waals surface area contributed by atoms with Crippen LogP contribution in [0.1, 0.15) is 44.9 Å². The lowest BCUT2D eigenvalue weighted by Crippen LogP contribution is -2.42. The van der Waals surface area contributed by atoms with Crippen LogP contribution >= 0.6 is 0 Å². The molecule has 0 aliphatic heterocycles. The standard InChI is InChI=1S/C15H18N4O2/c20-13(21)15(7-6-14(10-15)4-1-2-5-14)19-17-11-3-8-16-9-12(11)18-19/h3,8-9H,1-2,4-7,10H2,(H,20,21). The zero-order valence-electron chi connectivity index (χ0n) is 11.8.